The summed E-state index contributed by atoms with van der Waals surface area (Å²) in [4.78, 5) is 9.20. The molecule has 0 aliphatic carbocycles. The Morgan fingerprint density at radius 2 is 2.22 bits per heavy atom. The SMILES string of the molecule is CCNc1nc(-c2ccc(C)o2)nc2c1CSC2. The first-order chi connectivity index (χ1) is 8.78. The minimum atomic E-state index is 0.681. The number of nitrogens with one attached hydrogen (secondary N) is 1. The van der Waals surface area contributed by atoms with E-state index in [1.807, 2.05) is 30.8 Å². The number of nitrogens with zero attached hydrogens (tertiary/aromatic N) is 2. The average molecular weight is 261 g/mol. The van der Waals surface area contributed by atoms with Gasteiger partial charge in [-0.3, -0.25) is 0 Å². The average Bonchev–Trinajstić information content (AvgIpc) is 2.97. The Bertz CT molecular complexity index is 580. The molecule has 1 aliphatic rings. The third kappa shape index (κ3) is 1.99. The van der Waals surface area contributed by atoms with Gasteiger partial charge in [-0.1, -0.05) is 0 Å². The largest absolute Gasteiger partial charge is 0.458 e. The van der Waals surface area contributed by atoms with Crippen LogP contribution in [-0.2, 0) is 11.5 Å². The molecule has 0 aromatic carbocycles. The summed E-state index contributed by atoms with van der Waals surface area (Å²) in [5.74, 6) is 5.22. The van der Waals surface area contributed by atoms with Crippen LogP contribution >= 0.6 is 11.8 Å². The van der Waals surface area contributed by atoms with Crippen molar-refractivity contribution < 1.29 is 4.42 Å². The number of rotatable bonds is 3. The van der Waals surface area contributed by atoms with Crippen LogP contribution in [0.15, 0.2) is 16.5 Å². The van der Waals surface area contributed by atoms with Crippen LogP contribution in [0, 0.1) is 6.92 Å². The summed E-state index contributed by atoms with van der Waals surface area (Å²) < 4.78 is 5.60. The van der Waals surface area contributed by atoms with E-state index in [-0.39, 0.29) is 0 Å². The van der Waals surface area contributed by atoms with Crippen molar-refractivity contribution in [3.05, 3.63) is 29.2 Å². The van der Waals surface area contributed by atoms with Gasteiger partial charge in [-0.25, -0.2) is 9.97 Å². The molecule has 18 heavy (non-hydrogen) atoms. The van der Waals surface area contributed by atoms with E-state index < -0.39 is 0 Å². The van der Waals surface area contributed by atoms with E-state index >= 15 is 0 Å². The van der Waals surface area contributed by atoms with Crippen molar-refractivity contribution >= 4 is 17.6 Å². The lowest BCUT2D eigenvalue weighted by Gasteiger charge is -2.09. The second-order valence-corrected chi connectivity index (χ2v) is 5.24. The highest BCUT2D eigenvalue weighted by Gasteiger charge is 2.20. The highest BCUT2D eigenvalue weighted by atomic mass is 32.2. The van der Waals surface area contributed by atoms with Crippen molar-refractivity contribution in [2.75, 3.05) is 11.9 Å². The topological polar surface area (TPSA) is 51.0 Å². The molecule has 0 saturated heterocycles. The van der Waals surface area contributed by atoms with Gasteiger partial charge in [-0.15, -0.1) is 0 Å². The number of hydrogen-bond acceptors (Lipinski definition) is 5. The number of anilines is 1. The number of fused-ring (bicyclic) bond motifs is 1. The zero-order valence-electron chi connectivity index (χ0n) is 10.5. The van der Waals surface area contributed by atoms with E-state index in [4.69, 9.17) is 4.42 Å². The van der Waals surface area contributed by atoms with E-state index in [0.717, 1.165) is 41.1 Å². The van der Waals surface area contributed by atoms with Crippen LogP contribution in [0.3, 0.4) is 0 Å². The van der Waals surface area contributed by atoms with Crippen molar-refractivity contribution in [2.45, 2.75) is 25.4 Å². The zero-order chi connectivity index (χ0) is 12.5. The molecule has 3 heterocycles. The van der Waals surface area contributed by atoms with Gasteiger partial charge in [-0.2, -0.15) is 11.8 Å². The Balaban J connectivity index is 2.08. The molecule has 0 bridgehead atoms. The van der Waals surface area contributed by atoms with E-state index in [9.17, 15) is 0 Å². The monoisotopic (exact) mass is 261 g/mol. The molecule has 0 radical (unpaired) electrons. The summed E-state index contributed by atoms with van der Waals surface area (Å²) >= 11 is 1.88. The maximum absolute atomic E-state index is 5.60. The van der Waals surface area contributed by atoms with Crippen molar-refractivity contribution in [1.82, 2.24) is 9.97 Å². The molecule has 1 N–H and O–H groups in total. The van der Waals surface area contributed by atoms with Gasteiger partial charge < -0.3 is 9.73 Å². The fourth-order valence-electron chi connectivity index (χ4n) is 2.03. The third-order valence-corrected chi connectivity index (χ3v) is 3.85. The predicted molar refractivity (Wildman–Crippen MR) is 73.6 cm³/mol. The van der Waals surface area contributed by atoms with Gasteiger partial charge in [0.15, 0.2) is 11.6 Å². The highest BCUT2D eigenvalue weighted by molar-refractivity contribution is 7.98. The number of aromatic nitrogens is 2. The third-order valence-electron chi connectivity index (χ3n) is 2.88. The molecule has 0 amide bonds. The molecule has 0 fully saturated rings. The molecule has 0 atom stereocenters. The molecule has 5 heteroatoms. The standard InChI is InChI=1S/C13H15N3OS/c1-3-14-12-9-6-18-7-10(9)15-13(16-12)11-5-4-8(2)17-11/h4-5H,3,6-7H2,1-2H3,(H,14,15,16). The lowest BCUT2D eigenvalue weighted by Crippen LogP contribution is -2.06. The summed E-state index contributed by atoms with van der Waals surface area (Å²) in [6, 6.07) is 3.86. The minimum Gasteiger partial charge on any atom is -0.458 e. The molecule has 4 nitrogen and oxygen atoms in total. The Labute approximate surface area is 110 Å². The van der Waals surface area contributed by atoms with Gasteiger partial charge in [0, 0.05) is 23.6 Å². The quantitative estimate of drug-likeness (QED) is 0.919. The predicted octanol–water partition coefficient (Wildman–Crippen LogP) is 3.22. The van der Waals surface area contributed by atoms with Gasteiger partial charge in [0.25, 0.3) is 0 Å². The Morgan fingerprint density at radius 3 is 2.94 bits per heavy atom. The molecule has 2 aromatic heterocycles. The van der Waals surface area contributed by atoms with Gasteiger partial charge in [-0.05, 0) is 26.0 Å². The fraction of sp³-hybridized carbons (Fsp3) is 0.385. The van der Waals surface area contributed by atoms with E-state index in [2.05, 4.69) is 22.2 Å². The number of furan rings is 1. The summed E-state index contributed by atoms with van der Waals surface area (Å²) in [5, 5.41) is 3.32. The van der Waals surface area contributed by atoms with Crippen LogP contribution in [-0.4, -0.2) is 16.5 Å². The van der Waals surface area contributed by atoms with E-state index in [1.165, 1.54) is 5.56 Å². The summed E-state index contributed by atoms with van der Waals surface area (Å²) in [6.07, 6.45) is 0. The Kier molecular flexibility index (Phi) is 2.99. The lowest BCUT2D eigenvalue weighted by molar-refractivity contribution is 0.544. The van der Waals surface area contributed by atoms with E-state index in [1.54, 1.807) is 0 Å². The van der Waals surface area contributed by atoms with Crippen molar-refractivity contribution in [1.29, 1.82) is 0 Å². The zero-order valence-corrected chi connectivity index (χ0v) is 11.3. The maximum atomic E-state index is 5.60. The first-order valence-corrected chi connectivity index (χ1v) is 7.21. The minimum absolute atomic E-state index is 0.681. The molecule has 0 saturated carbocycles. The highest BCUT2D eigenvalue weighted by Crippen LogP contribution is 2.34. The second kappa shape index (κ2) is 4.65. The summed E-state index contributed by atoms with van der Waals surface area (Å²) in [6.45, 7) is 4.87. The molecular weight excluding hydrogens is 246 g/mol. The second-order valence-electron chi connectivity index (χ2n) is 4.25. The van der Waals surface area contributed by atoms with Gasteiger partial charge in [0.1, 0.15) is 11.6 Å². The first-order valence-electron chi connectivity index (χ1n) is 6.06. The maximum Gasteiger partial charge on any atom is 0.197 e. The first kappa shape index (κ1) is 11.6. The molecule has 3 rings (SSSR count). The van der Waals surface area contributed by atoms with Crippen LogP contribution in [0.1, 0.15) is 23.9 Å². The number of thioether (sulfide) groups is 1. The van der Waals surface area contributed by atoms with Gasteiger partial charge >= 0.3 is 0 Å². The van der Waals surface area contributed by atoms with Crippen molar-refractivity contribution in [3.8, 4) is 11.6 Å². The van der Waals surface area contributed by atoms with E-state index in [0.29, 0.717) is 5.82 Å². The van der Waals surface area contributed by atoms with Crippen LogP contribution in [0.5, 0.6) is 0 Å². The smallest absolute Gasteiger partial charge is 0.197 e. The molecule has 94 valence electrons. The summed E-state index contributed by atoms with van der Waals surface area (Å²) in [5.41, 5.74) is 2.38. The molecular formula is C13H15N3OS. The van der Waals surface area contributed by atoms with Gasteiger partial charge in [0.2, 0.25) is 0 Å². The Hall–Kier alpha value is -1.49. The molecule has 2 aromatic rings. The number of hydrogen-bond donors (Lipinski definition) is 1. The summed E-state index contributed by atoms with van der Waals surface area (Å²) in [7, 11) is 0. The number of aryl methyl sites for hydroxylation is 1. The van der Waals surface area contributed by atoms with Crippen LogP contribution < -0.4 is 5.32 Å². The fourth-order valence-corrected chi connectivity index (χ4v) is 3.07. The normalized spacial score (nSPS) is 13.7. The van der Waals surface area contributed by atoms with Crippen LogP contribution in [0.25, 0.3) is 11.6 Å². The molecule has 0 spiro atoms. The van der Waals surface area contributed by atoms with Crippen molar-refractivity contribution in [2.24, 2.45) is 0 Å². The van der Waals surface area contributed by atoms with Gasteiger partial charge in [0.05, 0.1) is 5.69 Å². The molecule has 0 unspecified atom stereocenters. The molecule has 1 aliphatic heterocycles. The van der Waals surface area contributed by atoms with Crippen LogP contribution in [0.4, 0.5) is 5.82 Å². The van der Waals surface area contributed by atoms with Crippen LogP contribution in [0.2, 0.25) is 0 Å². The lowest BCUT2D eigenvalue weighted by atomic mass is 10.2. The Morgan fingerprint density at radius 1 is 1.33 bits per heavy atom. The van der Waals surface area contributed by atoms with Crippen molar-refractivity contribution in [3.63, 3.8) is 0 Å².